The quantitative estimate of drug-likeness (QED) is 0.830. The zero-order chi connectivity index (χ0) is 19.5. The van der Waals surface area contributed by atoms with E-state index in [-0.39, 0.29) is 18.5 Å². The van der Waals surface area contributed by atoms with Gasteiger partial charge in [0, 0.05) is 31.7 Å². The molecule has 4 rings (SSSR count). The van der Waals surface area contributed by atoms with Crippen LogP contribution in [-0.4, -0.2) is 57.4 Å². The number of carbonyl (C=O) groups is 1. The third-order valence-corrected chi connectivity index (χ3v) is 5.22. The van der Waals surface area contributed by atoms with Crippen molar-refractivity contribution in [3.8, 4) is 11.5 Å². The summed E-state index contributed by atoms with van der Waals surface area (Å²) in [5, 5.41) is 0. The van der Waals surface area contributed by atoms with Crippen LogP contribution >= 0.6 is 0 Å². The summed E-state index contributed by atoms with van der Waals surface area (Å²) in [6.45, 7) is 3.95. The van der Waals surface area contributed by atoms with Gasteiger partial charge in [-0.1, -0.05) is 12.1 Å². The molecule has 2 aliphatic rings. The van der Waals surface area contributed by atoms with E-state index in [0.29, 0.717) is 38.4 Å². The smallest absolute Gasteiger partial charge is 0.277 e. The highest BCUT2D eigenvalue weighted by molar-refractivity contribution is 5.77. The third-order valence-electron chi connectivity index (χ3n) is 5.22. The number of ether oxygens (including phenoxy) is 2. The van der Waals surface area contributed by atoms with Crippen LogP contribution in [0, 0.1) is 5.82 Å². The number of fused-ring (bicyclic) bond motifs is 1. The van der Waals surface area contributed by atoms with Gasteiger partial charge in [-0.3, -0.25) is 4.79 Å². The number of likely N-dealkylation sites (N-methyl/N-ethyl adjacent to an activating group) is 1. The molecule has 0 spiro atoms. The second-order valence-electron chi connectivity index (χ2n) is 7.32. The van der Waals surface area contributed by atoms with Crippen molar-refractivity contribution in [2.45, 2.75) is 6.54 Å². The number of hydrogen-bond donors (Lipinski definition) is 1. The van der Waals surface area contributed by atoms with E-state index in [1.165, 1.54) is 6.07 Å². The van der Waals surface area contributed by atoms with Crippen LogP contribution in [0.15, 0.2) is 42.5 Å². The predicted octanol–water partition coefficient (Wildman–Crippen LogP) is 0.918. The summed E-state index contributed by atoms with van der Waals surface area (Å²) < 4.78 is 24.7. The van der Waals surface area contributed by atoms with Crippen LogP contribution in [0.2, 0.25) is 0 Å². The van der Waals surface area contributed by atoms with Crippen LogP contribution < -0.4 is 19.3 Å². The lowest BCUT2D eigenvalue weighted by molar-refractivity contribution is -0.885. The topological polar surface area (TPSA) is 46.5 Å². The lowest BCUT2D eigenvalue weighted by Gasteiger charge is -2.36. The van der Waals surface area contributed by atoms with Crippen molar-refractivity contribution < 1.29 is 23.6 Å². The minimum absolute atomic E-state index is 0.131. The first kappa shape index (κ1) is 18.6. The first-order valence-electron chi connectivity index (χ1n) is 9.57. The highest BCUT2D eigenvalue weighted by Crippen LogP contribution is 2.32. The van der Waals surface area contributed by atoms with Crippen molar-refractivity contribution in [1.29, 1.82) is 0 Å². The number of nitrogens with zero attached hydrogens (tertiary/aromatic N) is 2. The van der Waals surface area contributed by atoms with Crippen molar-refractivity contribution >= 4 is 11.6 Å². The number of hydrogen-bond acceptors (Lipinski definition) is 4. The van der Waals surface area contributed by atoms with E-state index in [4.69, 9.17) is 9.47 Å². The molecule has 0 bridgehead atoms. The molecule has 2 aromatic rings. The molecule has 0 radical (unpaired) electrons. The molecule has 6 nitrogen and oxygen atoms in total. The number of piperazine rings is 1. The number of rotatable bonds is 5. The van der Waals surface area contributed by atoms with Crippen LogP contribution in [-0.2, 0) is 11.3 Å². The number of amides is 1. The molecular formula is C21H25FN3O3+. The molecule has 0 aliphatic carbocycles. The van der Waals surface area contributed by atoms with Crippen molar-refractivity contribution in [3.63, 3.8) is 0 Å². The van der Waals surface area contributed by atoms with Crippen LogP contribution in [0.1, 0.15) is 5.56 Å². The number of nitrogens with one attached hydrogen (secondary N) is 1. The average Bonchev–Trinajstić information content (AvgIpc) is 3.16. The zero-order valence-electron chi connectivity index (χ0n) is 16.0. The molecule has 1 amide bonds. The monoisotopic (exact) mass is 386 g/mol. The van der Waals surface area contributed by atoms with Gasteiger partial charge in [-0.15, -0.1) is 0 Å². The van der Waals surface area contributed by atoms with Crippen molar-refractivity contribution in [2.24, 2.45) is 0 Å². The first-order chi connectivity index (χ1) is 13.6. The van der Waals surface area contributed by atoms with Gasteiger partial charge >= 0.3 is 0 Å². The van der Waals surface area contributed by atoms with E-state index in [1.807, 2.05) is 41.1 Å². The lowest BCUT2D eigenvalue weighted by atomic mass is 10.2. The number of anilines is 1. The zero-order valence-corrected chi connectivity index (χ0v) is 16.0. The molecule has 1 atom stereocenters. The summed E-state index contributed by atoms with van der Waals surface area (Å²) in [5.41, 5.74) is 1.72. The van der Waals surface area contributed by atoms with Crippen LogP contribution in [0.4, 0.5) is 10.1 Å². The van der Waals surface area contributed by atoms with Crippen LogP contribution in [0.25, 0.3) is 0 Å². The van der Waals surface area contributed by atoms with E-state index < -0.39 is 0 Å². The number of quaternary nitrogens is 1. The highest BCUT2D eigenvalue weighted by Gasteiger charge is 2.25. The van der Waals surface area contributed by atoms with E-state index in [0.717, 1.165) is 28.5 Å². The molecule has 1 saturated heterocycles. The largest absolute Gasteiger partial charge is 0.454 e. The molecule has 1 N–H and O–H groups in total. The Kier molecular flexibility index (Phi) is 5.34. The second-order valence-corrected chi connectivity index (χ2v) is 7.32. The van der Waals surface area contributed by atoms with E-state index in [9.17, 15) is 9.18 Å². The summed E-state index contributed by atoms with van der Waals surface area (Å²) in [6.07, 6.45) is 0. The van der Waals surface area contributed by atoms with Gasteiger partial charge in [0.2, 0.25) is 6.79 Å². The molecule has 2 heterocycles. The summed E-state index contributed by atoms with van der Waals surface area (Å²) in [4.78, 5) is 17.7. The van der Waals surface area contributed by atoms with Gasteiger partial charge in [0.1, 0.15) is 12.4 Å². The Bertz CT molecular complexity index is 853. The maximum Gasteiger partial charge on any atom is 0.277 e. The average molecular weight is 386 g/mol. The Morgan fingerprint density at radius 3 is 2.61 bits per heavy atom. The standard InChI is InChI=1S/C21H24FN3O3/c1-23(13-16-6-7-19-20(12-16)28-15-27-19)14-21(26)25-10-8-24(9-11-25)18-5-3-2-4-17(18)22/h2-7,12H,8-11,13-15H2,1H3/p+1. The predicted molar refractivity (Wildman–Crippen MR) is 103 cm³/mol. The van der Waals surface area contributed by atoms with Gasteiger partial charge < -0.3 is 24.2 Å². The van der Waals surface area contributed by atoms with Gasteiger partial charge in [0.05, 0.1) is 12.7 Å². The molecule has 0 saturated carbocycles. The molecular weight excluding hydrogens is 361 g/mol. The molecule has 0 aromatic heterocycles. The van der Waals surface area contributed by atoms with Gasteiger partial charge in [-0.25, -0.2) is 4.39 Å². The van der Waals surface area contributed by atoms with Crippen molar-refractivity contribution in [1.82, 2.24) is 4.90 Å². The number of halogens is 1. The Balaban J connectivity index is 1.28. The summed E-state index contributed by atoms with van der Waals surface area (Å²) in [5.74, 6) is 1.45. The molecule has 148 valence electrons. The van der Waals surface area contributed by atoms with Gasteiger partial charge in [-0.05, 0) is 30.3 Å². The van der Waals surface area contributed by atoms with Crippen molar-refractivity contribution in [3.05, 3.63) is 53.8 Å². The van der Waals surface area contributed by atoms with E-state index in [2.05, 4.69) is 0 Å². The summed E-state index contributed by atoms with van der Waals surface area (Å²) in [6, 6.07) is 12.7. The second kappa shape index (κ2) is 8.06. The minimum Gasteiger partial charge on any atom is -0.454 e. The first-order valence-corrected chi connectivity index (χ1v) is 9.57. The number of carbonyl (C=O) groups excluding carboxylic acids is 1. The van der Waals surface area contributed by atoms with Gasteiger partial charge in [-0.2, -0.15) is 0 Å². The summed E-state index contributed by atoms with van der Waals surface area (Å²) >= 11 is 0. The fourth-order valence-electron chi connectivity index (χ4n) is 3.74. The van der Waals surface area contributed by atoms with Crippen molar-refractivity contribution in [2.75, 3.05) is 51.5 Å². The summed E-state index contributed by atoms with van der Waals surface area (Å²) in [7, 11) is 2.01. The Labute approximate surface area is 164 Å². The molecule has 2 aliphatic heterocycles. The fourth-order valence-corrected chi connectivity index (χ4v) is 3.74. The van der Waals surface area contributed by atoms with Crippen LogP contribution in [0.5, 0.6) is 11.5 Å². The van der Waals surface area contributed by atoms with E-state index >= 15 is 0 Å². The molecule has 2 aromatic carbocycles. The Morgan fingerprint density at radius 1 is 1.07 bits per heavy atom. The Morgan fingerprint density at radius 2 is 1.82 bits per heavy atom. The maximum atomic E-state index is 13.9. The molecule has 1 fully saturated rings. The third kappa shape index (κ3) is 4.04. The molecule has 1 unspecified atom stereocenters. The fraction of sp³-hybridized carbons (Fsp3) is 0.381. The number of para-hydroxylation sites is 1. The normalized spacial score (nSPS) is 16.9. The lowest BCUT2D eigenvalue weighted by Crippen LogP contribution is -3.09. The molecule has 28 heavy (non-hydrogen) atoms. The SMILES string of the molecule is C[NH+](CC(=O)N1CCN(c2ccccc2F)CC1)Cc1ccc2c(c1)OCO2. The van der Waals surface area contributed by atoms with Gasteiger partial charge in [0.25, 0.3) is 5.91 Å². The number of benzene rings is 2. The minimum atomic E-state index is -0.213. The highest BCUT2D eigenvalue weighted by atomic mass is 19.1. The molecule has 7 heteroatoms. The van der Waals surface area contributed by atoms with Crippen LogP contribution in [0.3, 0.4) is 0 Å². The maximum absolute atomic E-state index is 13.9. The Hall–Kier alpha value is -2.80. The van der Waals surface area contributed by atoms with E-state index in [1.54, 1.807) is 12.1 Å². The van der Waals surface area contributed by atoms with Gasteiger partial charge in [0.15, 0.2) is 18.0 Å².